The third-order valence-electron chi connectivity index (χ3n) is 3.09. The summed E-state index contributed by atoms with van der Waals surface area (Å²) in [7, 11) is 0. The van der Waals surface area contributed by atoms with E-state index < -0.39 is 0 Å². The van der Waals surface area contributed by atoms with Gasteiger partial charge in [-0.15, -0.1) is 0 Å². The zero-order chi connectivity index (χ0) is 15.5. The fourth-order valence-electron chi connectivity index (χ4n) is 1.86. The Labute approximate surface area is 137 Å². The van der Waals surface area contributed by atoms with Crippen LogP contribution in [0.25, 0.3) is 0 Å². The molecular formula is C18H22ClNS. The summed E-state index contributed by atoms with van der Waals surface area (Å²) >= 11 is 7.93. The molecule has 0 aromatic heterocycles. The Morgan fingerprint density at radius 1 is 1.05 bits per heavy atom. The molecule has 0 unspecified atom stereocenters. The maximum Gasteiger partial charge on any atom is 0.0417 e. The van der Waals surface area contributed by atoms with Crippen LogP contribution >= 0.6 is 23.4 Å². The third-order valence-corrected chi connectivity index (χ3v) is 4.43. The average Bonchev–Trinajstić information content (AvgIpc) is 2.39. The van der Waals surface area contributed by atoms with Crippen molar-refractivity contribution in [2.45, 2.75) is 49.6 Å². The van der Waals surface area contributed by atoms with E-state index in [9.17, 15) is 0 Å². The van der Waals surface area contributed by atoms with Crippen molar-refractivity contribution in [1.29, 1.82) is 0 Å². The van der Waals surface area contributed by atoms with Crippen LogP contribution in [-0.2, 0) is 6.54 Å². The molecule has 0 aliphatic carbocycles. The van der Waals surface area contributed by atoms with E-state index in [1.807, 2.05) is 12.1 Å². The Kier molecular flexibility index (Phi) is 5.37. The highest BCUT2D eigenvalue weighted by Crippen LogP contribution is 2.32. The molecule has 3 heteroatoms. The molecule has 2 rings (SSSR count). The van der Waals surface area contributed by atoms with Gasteiger partial charge in [-0.25, -0.2) is 0 Å². The maximum absolute atomic E-state index is 6.16. The lowest BCUT2D eigenvalue weighted by Gasteiger charge is -2.21. The Morgan fingerprint density at radius 2 is 1.71 bits per heavy atom. The molecule has 0 saturated carbocycles. The molecule has 0 spiro atoms. The molecule has 0 atom stereocenters. The molecule has 0 aliphatic heterocycles. The third kappa shape index (κ3) is 5.39. The van der Waals surface area contributed by atoms with Crippen LogP contribution in [0.4, 0.5) is 0 Å². The normalized spacial score (nSPS) is 11.7. The van der Waals surface area contributed by atoms with Crippen LogP contribution in [0.15, 0.2) is 52.3 Å². The Hall–Kier alpha value is -0.960. The van der Waals surface area contributed by atoms with E-state index in [4.69, 9.17) is 11.6 Å². The standard InChI is InChI=1S/C18H22ClNS/c1-13-5-9-16(10-6-13)21-17-11-15(19)8-7-14(17)12-20-18(2,3)4/h5-11,20H,12H2,1-4H3. The summed E-state index contributed by atoms with van der Waals surface area (Å²) in [5.74, 6) is 0. The van der Waals surface area contributed by atoms with Crippen molar-refractivity contribution >= 4 is 23.4 Å². The van der Waals surface area contributed by atoms with Gasteiger partial charge in [0.25, 0.3) is 0 Å². The topological polar surface area (TPSA) is 12.0 Å². The lowest BCUT2D eigenvalue weighted by Crippen LogP contribution is -2.35. The van der Waals surface area contributed by atoms with Gasteiger partial charge >= 0.3 is 0 Å². The molecule has 2 aromatic rings. The summed E-state index contributed by atoms with van der Waals surface area (Å²) in [6, 6.07) is 14.7. The van der Waals surface area contributed by atoms with E-state index >= 15 is 0 Å². The lowest BCUT2D eigenvalue weighted by atomic mass is 10.1. The predicted octanol–water partition coefficient (Wildman–Crippen LogP) is 5.69. The van der Waals surface area contributed by atoms with E-state index in [0.717, 1.165) is 11.6 Å². The van der Waals surface area contributed by atoms with Crippen molar-refractivity contribution in [1.82, 2.24) is 5.32 Å². The molecule has 0 saturated heterocycles. The molecule has 0 heterocycles. The van der Waals surface area contributed by atoms with Gasteiger partial charge in [0, 0.05) is 26.9 Å². The van der Waals surface area contributed by atoms with Crippen LogP contribution < -0.4 is 5.32 Å². The minimum absolute atomic E-state index is 0.103. The maximum atomic E-state index is 6.16. The molecule has 1 nitrogen and oxygen atoms in total. The van der Waals surface area contributed by atoms with Crippen LogP contribution in [0.3, 0.4) is 0 Å². The zero-order valence-corrected chi connectivity index (χ0v) is 14.6. The molecule has 0 aliphatic rings. The van der Waals surface area contributed by atoms with E-state index in [-0.39, 0.29) is 5.54 Å². The second-order valence-electron chi connectivity index (χ2n) is 6.27. The minimum atomic E-state index is 0.103. The minimum Gasteiger partial charge on any atom is -0.308 e. The predicted molar refractivity (Wildman–Crippen MR) is 93.3 cm³/mol. The first-order valence-electron chi connectivity index (χ1n) is 7.11. The van der Waals surface area contributed by atoms with Crippen molar-refractivity contribution in [3.8, 4) is 0 Å². The van der Waals surface area contributed by atoms with Gasteiger partial charge in [0.2, 0.25) is 0 Å². The average molecular weight is 320 g/mol. The molecule has 0 amide bonds. The number of hydrogen-bond donors (Lipinski definition) is 1. The van der Waals surface area contributed by atoms with Gasteiger partial charge in [0.1, 0.15) is 0 Å². The Morgan fingerprint density at radius 3 is 2.33 bits per heavy atom. The molecule has 1 N–H and O–H groups in total. The zero-order valence-electron chi connectivity index (χ0n) is 13.0. The highest BCUT2D eigenvalue weighted by Gasteiger charge is 2.11. The van der Waals surface area contributed by atoms with Crippen molar-refractivity contribution in [2.24, 2.45) is 0 Å². The number of rotatable bonds is 4. The summed E-state index contributed by atoms with van der Waals surface area (Å²) in [6.45, 7) is 9.47. The van der Waals surface area contributed by atoms with Crippen LogP contribution in [0.1, 0.15) is 31.9 Å². The molecule has 2 aromatic carbocycles. The van der Waals surface area contributed by atoms with Crippen LogP contribution in [0.2, 0.25) is 5.02 Å². The van der Waals surface area contributed by atoms with Gasteiger partial charge in [-0.1, -0.05) is 47.1 Å². The number of nitrogens with one attached hydrogen (secondary N) is 1. The van der Waals surface area contributed by atoms with E-state index in [1.165, 1.54) is 20.9 Å². The van der Waals surface area contributed by atoms with Gasteiger partial charge in [-0.3, -0.25) is 0 Å². The van der Waals surface area contributed by atoms with Crippen molar-refractivity contribution in [2.75, 3.05) is 0 Å². The summed E-state index contributed by atoms with van der Waals surface area (Å²) in [5, 5.41) is 4.32. The quantitative estimate of drug-likeness (QED) is 0.777. The summed E-state index contributed by atoms with van der Waals surface area (Å²) < 4.78 is 0. The van der Waals surface area contributed by atoms with E-state index in [0.29, 0.717) is 0 Å². The number of halogens is 1. The highest BCUT2D eigenvalue weighted by atomic mass is 35.5. The van der Waals surface area contributed by atoms with Crippen molar-refractivity contribution < 1.29 is 0 Å². The Bertz CT molecular complexity index is 600. The van der Waals surface area contributed by atoms with Crippen molar-refractivity contribution in [3.05, 3.63) is 58.6 Å². The van der Waals surface area contributed by atoms with E-state index in [2.05, 4.69) is 63.3 Å². The smallest absolute Gasteiger partial charge is 0.0417 e. The van der Waals surface area contributed by atoms with Crippen LogP contribution in [0, 0.1) is 6.92 Å². The molecule has 0 radical (unpaired) electrons. The fraction of sp³-hybridized carbons (Fsp3) is 0.333. The first kappa shape index (κ1) is 16.4. The summed E-state index contributed by atoms with van der Waals surface area (Å²) in [6.07, 6.45) is 0. The lowest BCUT2D eigenvalue weighted by molar-refractivity contribution is 0.422. The van der Waals surface area contributed by atoms with Gasteiger partial charge in [0.05, 0.1) is 0 Å². The van der Waals surface area contributed by atoms with Gasteiger partial charge in [0.15, 0.2) is 0 Å². The Balaban J connectivity index is 2.20. The van der Waals surface area contributed by atoms with Crippen molar-refractivity contribution in [3.63, 3.8) is 0 Å². The molecular weight excluding hydrogens is 298 g/mol. The summed E-state index contributed by atoms with van der Waals surface area (Å²) in [5.41, 5.74) is 2.66. The molecule has 112 valence electrons. The number of aryl methyl sites for hydroxylation is 1. The highest BCUT2D eigenvalue weighted by molar-refractivity contribution is 7.99. The second kappa shape index (κ2) is 6.87. The van der Waals surface area contributed by atoms with Gasteiger partial charge in [-0.05, 0) is 57.5 Å². The monoisotopic (exact) mass is 319 g/mol. The first-order valence-corrected chi connectivity index (χ1v) is 8.31. The fourth-order valence-corrected chi connectivity index (χ4v) is 3.08. The first-order chi connectivity index (χ1) is 9.83. The van der Waals surface area contributed by atoms with Gasteiger partial charge < -0.3 is 5.32 Å². The number of hydrogen-bond acceptors (Lipinski definition) is 2. The van der Waals surface area contributed by atoms with Gasteiger partial charge in [-0.2, -0.15) is 0 Å². The SMILES string of the molecule is Cc1ccc(Sc2cc(Cl)ccc2CNC(C)(C)C)cc1. The molecule has 0 bridgehead atoms. The molecule has 21 heavy (non-hydrogen) atoms. The number of benzene rings is 2. The molecule has 0 fully saturated rings. The van der Waals surface area contributed by atoms with Crippen LogP contribution in [-0.4, -0.2) is 5.54 Å². The van der Waals surface area contributed by atoms with E-state index in [1.54, 1.807) is 11.8 Å². The van der Waals surface area contributed by atoms with Crippen LogP contribution in [0.5, 0.6) is 0 Å². The second-order valence-corrected chi connectivity index (χ2v) is 7.82. The summed E-state index contributed by atoms with van der Waals surface area (Å²) in [4.78, 5) is 2.45. The largest absolute Gasteiger partial charge is 0.308 e.